The van der Waals surface area contributed by atoms with Crippen molar-refractivity contribution in [3.63, 3.8) is 0 Å². The van der Waals surface area contributed by atoms with Crippen molar-refractivity contribution in [2.75, 3.05) is 80.4 Å². The summed E-state index contributed by atoms with van der Waals surface area (Å²) < 4.78 is 81.6. The first-order valence-corrected chi connectivity index (χ1v) is 28.3. The van der Waals surface area contributed by atoms with Gasteiger partial charge in [0.15, 0.2) is 13.6 Å². The molecule has 14 nitrogen and oxygen atoms in total. The van der Waals surface area contributed by atoms with Gasteiger partial charge >= 0.3 is 0 Å². The van der Waals surface area contributed by atoms with Crippen LogP contribution in [0.15, 0.2) is 206 Å². The summed E-state index contributed by atoms with van der Waals surface area (Å²) in [6.45, 7) is 8.40. The molecule has 0 N–H and O–H groups in total. The second kappa shape index (κ2) is 31.2. The summed E-state index contributed by atoms with van der Waals surface area (Å²) in [7, 11) is 0. The van der Waals surface area contributed by atoms with Crippen molar-refractivity contribution in [1.29, 1.82) is 0 Å². The monoisotopic (exact) mass is 1520 g/mol. The minimum atomic E-state index is -0.0412. The molecule has 0 bridgehead atoms. The third-order valence-electron chi connectivity index (χ3n) is 14.5. The van der Waals surface area contributed by atoms with E-state index in [1.54, 1.807) is 0 Å². The molecule has 10 aromatic carbocycles. The molecule has 0 aromatic heterocycles. The van der Waals surface area contributed by atoms with Gasteiger partial charge in [0.05, 0.1) is 0 Å². The van der Waals surface area contributed by atoms with Gasteiger partial charge in [0, 0.05) is 47.7 Å². The van der Waals surface area contributed by atoms with Crippen molar-refractivity contribution in [2.24, 2.45) is 0 Å². The number of hydrogen-bond donors (Lipinski definition) is 0. The number of hydrogen-bond acceptors (Lipinski definition) is 14. The van der Waals surface area contributed by atoms with E-state index in [9.17, 15) is 0 Å². The fourth-order valence-corrected chi connectivity index (χ4v) is 9.73. The molecule has 0 saturated carbocycles. The molecule has 2 fully saturated rings. The Morgan fingerprint density at radius 1 is 0.307 bits per heavy atom. The maximum absolute atomic E-state index is 6.52. The molecule has 0 unspecified atom stereocenters. The van der Waals surface area contributed by atoms with Crippen molar-refractivity contribution in [2.45, 2.75) is 13.8 Å². The number of ether oxygens (including phenoxy) is 14. The summed E-state index contributed by atoms with van der Waals surface area (Å²) in [6, 6.07) is 67.3. The van der Waals surface area contributed by atoms with Gasteiger partial charge in [-0.05, 0) is 178 Å². The molecule has 0 aliphatic carbocycles. The van der Waals surface area contributed by atoms with Crippen LogP contribution in [0.1, 0.15) is 11.1 Å². The van der Waals surface area contributed by atoms with Crippen LogP contribution in [0.3, 0.4) is 0 Å². The number of aryl methyl sites for hydroxylation is 2. The van der Waals surface area contributed by atoms with E-state index in [4.69, 9.17) is 66.3 Å². The second-order valence-corrected chi connectivity index (χ2v) is 20.7. The fourth-order valence-electron chi connectivity index (χ4n) is 9.73. The van der Waals surface area contributed by atoms with E-state index >= 15 is 0 Å². The summed E-state index contributed by atoms with van der Waals surface area (Å²) >= 11 is 0. The van der Waals surface area contributed by atoms with Gasteiger partial charge in [0.2, 0.25) is 27.2 Å². The molecule has 10 aromatic rings. The molecule has 2 saturated heterocycles. The van der Waals surface area contributed by atoms with E-state index < -0.39 is 0 Å². The van der Waals surface area contributed by atoms with Crippen LogP contribution in [-0.2, 0) is 61.1 Å². The quantitative estimate of drug-likeness (QED) is 0.0250. The van der Waals surface area contributed by atoms with E-state index in [2.05, 4.69) is 56.3 Å². The van der Waals surface area contributed by atoms with Crippen LogP contribution in [0.5, 0.6) is 57.5 Å². The summed E-state index contributed by atoms with van der Waals surface area (Å²) in [5, 5.41) is 4.18. The first kappa shape index (κ1) is 63.0. The standard InChI is InChI=1S/C72H64O14.2W/c1-49-4-31-69-57(33-49)13-32-71(86-48-84-66-28-26-64(27-29-66)82-46-80-62-20-11-56(12-21-62)54-7-16-60(17-8-54)78-44-76-42-52-39-74-40-52)72(69)70-36-67(35-58-34-50(2)3-30-68(58)70)85-47-83-65-24-22-63(23-25-65)81-45-79-61-18-9-55(10-19-61)53-5-14-59(15-6-53)77-43-75-41-51-37-73-38-51;;/h3-36H,37-48H2,1-2H3;;/q-2;;. The second-order valence-electron chi connectivity index (χ2n) is 20.7. The molecular weight excluding hydrogens is 1460 g/mol. The van der Waals surface area contributed by atoms with E-state index in [1.165, 1.54) is 11.8 Å². The van der Waals surface area contributed by atoms with Crippen LogP contribution < -0.4 is 47.4 Å². The van der Waals surface area contributed by atoms with Gasteiger partial charge in [-0.15, -0.1) is 0 Å². The van der Waals surface area contributed by atoms with Gasteiger partial charge in [-0.2, -0.15) is 0 Å². The van der Waals surface area contributed by atoms with Gasteiger partial charge in [-0.1, -0.05) is 142 Å². The van der Waals surface area contributed by atoms with Crippen LogP contribution in [0, 0.1) is 25.7 Å². The number of rotatable bonds is 29. The van der Waals surface area contributed by atoms with Crippen LogP contribution in [-0.4, -0.2) is 80.4 Å². The Hall–Kier alpha value is -8.06. The molecule has 0 spiro atoms. The Bertz CT molecular complexity index is 3800. The molecule has 12 rings (SSSR count). The predicted octanol–water partition coefficient (Wildman–Crippen LogP) is 15.2. The van der Waals surface area contributed by atoms with Crippen LogP contribution in [0.2, 0.25) is 0 Å². The topological polar surface area (TPSA) is 129 Å². The summed E-state index contributed by atoms with van der Waals surface area (Å²) in [4.78, 5) is 0. The van der Waals surface area contributed by atoms with Crippen LogP contribution in [0.4, 0.5) is 0 Å². The molecule has 0 atom stereocenters. The molecule has 450 valence electrons. The SMILES string of the molecule is Cc1ccc2c(-c3c(OCOc4ccc(OCOc5ccc(-c6ccc(OCOC[C-]7COC7)cc6)cc5)cc4)ccc4cc(C)ccc34)cc(OCOc3ccc(OCOc4ccc(-c5ccc(OCOC[C-]6COC6)cc5)cc4)cc3)cc2c1.[W].[W]. The van der Waals surface area contributed by atoms with Gasteiger partial charge < -0.3 is 66.3 Å². The smallest absolute Gasteiger partial charge is 0.230 e. The Morgan fingerprint density at radius 3 is 1.01 bits per heavy atom. The molecule has 0 amide bonds. The molecule has 2 aliphatic heterocycles. The minimum Gasteiger partial charge on any atom is -0.468 e. The summed E-state index contributed by atoms with van der Waals surface area (Å²) in [5.74, 6) is 9.16. The molecular formula is C72H64O14W2-2. The average molecular weight is 1520 g/mol. The zero-order chi connectivity index (χ0) is 58.3. The van der Waals surface area contributed by atoms with Gasteiger partial charge in [-0.3, -0.25) is 0 Å². The van der Waals surface area contributed by atoms with Gasteiger partial charge in [-0.25, -0.2) is 11.8 Å². The van der Waals surface area contributed by atoms with Crippen molar-refractivity contribution in [3.05, 3.63) is 229 Å². The third kappa shape index (κ3) is 17.0. The normalized spacial score (nSPS) is 12.8. The Morgan fingerprint density at radius 2 is 0.636 bits per heavy atom. The molecule has 16 heteroatoms. The Balaban J connectivity index is 0.00000428. The first-order chi connectivity index (χ1) is 42.4. The van der Waals surface area contributed by atoms with Crippen molar-refractivity contribution in [1.82, 2.24) is 0 Å². The maximum atomic E-state index is 6.52. The Kier molecular flexibility index (Phi) is 22.3. The van der Waals surface area contributed by atoms with Crippen LogP contribution in [0.25, 0.3) is 54.9 Å². The minimum absolute atomic E-state index is 0. The zero-order valence-corrected chi connectivity index (χ0v) is 54.5. The van der Waals surface area contributed by atoms with Gasteiger partial charge in [0.25, 0.3) is 0 Å². The largest absolute Gasteiger partial charge is 0.468 e. The molecule has 0 radical (unpaired) electrons. The van der Waals surface area contributed by atoms with Crippen molar-refractivity contribution < 1.29 is 108 Å². The molecule has 2 aliphatic rings. The first-order valence-electron chi connectivity index (χ1n) is 28.3. The van der Waals surface area contributed by atoms with E-state index in [1.807, 2.05) is 164 Å². The zero-order valence-electron chi connectivity index (χ0n) is 48.6. The third-order valence-corrected chi connectivity index (χ3v) is 14.5. The van der Waals surface area contributed by atoms with Crippen LogP contribution >= 0.6 is 0 Å². The average Bonchev–Trinajstić information content (AvgIpc) is 1.31. The predicted molar refractivity (Wildman–Crippen MR) is 329 cm³/mol. The Labute approximate surface area is 540 Å². The van der Waals surface area contributed by atoms with Gasteiger partial charge in [0.1, 0.15) is 57.5 Å². The number of fused-ring (bicyclic) bond motifs is 2. The summed E-state index contributed by atoms with van der Waals surface area (Å²) in [6.07, 6.45) is 0. The summed E-state index contributed by atoms with van der Waals surface area (Å²) in [5.41, 5.74) is 8.37. The van der Waals surface area contributed by atoms with Crippen molar-refractivity contribution in [3.8, 4) is 90.9 Å². The fraction of sp³-hybridized carbons (Fsp3) is 0.194. The molecule has 88 heavy (non-hydrogen) atoms. The van der Waals surface area contributed by atoms with Crippen molar-refractivity contribution >= 4 is 21.5 Å². The van der Waals surface area contributed by atoms with E-state index in [0.717, 1.165) is 77.6 Å². The maximum Gasteiger partial charge on any atom is 0.230 e. The number of benzene rings is 10. The van der Waals surface area contributed by atoms with E-state index in [0.29, 0.717) is 85.6 Å². The van der Waals surface area contributed by atoms with E-state index in [-0.39, 0.29) is 82.9 Å². The molecule has 2 heterocycles.